The summed E-state index contributed by atoms with van der Waals surface area (Å²) in [5, 5.41) is 1.14. The van der Waals surface area contributed by atoms with Crippen LogP contribution < -0.4 is 9.64 Å². The molecule has 0 aliphatic carbocycles. The predicted molar refractivity (Wildman–Crippen MR) is 117 cm³/mol. The van der Waals surface area contributed by atoms with Crippen LogP contribution in [0.2, 0.25) is 0 Å². The van der Waals surface area contributed by atoms with Crippen LogP contribution in [0.25, 0.3) is 10.9 Å². The number of hydrogen-bond donors (Lipinski definition) is 0. The number of benzene rings is 1. The Kier molecular flexibility index (Phi) is 5.90. The summed E-state index contributed by atoms with van der Waals surface area (Å²) in [6, 6.07) is 8.30. The van der Waals surface area contributed by atoms with E-state index in [0.29, 0.717) is 18.2 Å². The number of pyridine rings is 1. The topological polar surface area (TPSA) is 48.9 Å². The highest BCUT2D eigenvalue weighted by Crippen LogP contribution is 2.34. The van der Waals surface area contributed by atoms with Gasteiger partial charge in [-0.15, -0.1) is 0 Å². The van der Waals surface area contributed by atoms with Gasteiger partial charge in [-0.1, -0.05) is 12.1 Å². The average Bonchev–Trinajstić information content (AvgIpc) is 2.73. The van der Waals surface area contributed by atoms with Crippen molar-refractivity contribution in [3.63, 3.8) is 0 Å². The van der Waals surface area contributed by atoms with Crippen molar-refractivity contribution in [3.8, 4) is 5.75 Å². The highest BCUT2D eigenvalue weighted by atomic mass is 16.5. The van der Waals surface area contributed by atoms with Gasteiger partial charge in [-0.25, -0.2) is 4.98 Å². The molecule has 0 spiro atoms. The first-order chi connectivity index (χ1) is 14.0. The predicted octanol–water partition coefficient (Wildman–Crippen LogP) is 2.93. The lowest BCUT2D eigenvalue weighted by molar-refractivity contribution is -0.133. The van der Waals surface area contributed by atoms with E-state index in [9.17, 15) is 4.79 Å². The van der Waals surface area contributed by atoms with Crippen LogP contribution in [0.3, 0.4) is 0 Å². The minimum Gasteiger partial charge on any atom is -0.494 e. The zero-order chi connectivity index (χ0) is 20.4. The molecule has 0 N–H and O–H groups in total. The summed E-state index contributed by atoms with van der Waals surface area (Å²) in [5.74, 6) is 1.65. The van der Waals surface area contributed by atoms with Gasteiger partial charge in [-0.2, -0.15) is 0 Å². The fourth-order valence-electron chi connectivity index (χ4n) is 4.56. The largest absolute Gasteiger partial charge is 0.494 e. The molecule has 0 atom stereocenters. The number of para-hydroxylation sites is 1. The van der Waals surface area contributed by atoms with Crippen molar-refractivity contribution >= 4 is 22.5 Å². The van der Waals surface area contributed by atoms with Crippen LogP contribution >= 0.6 is 0 Å². The summed E-state index contributed by atoms with van der Waals surface area (Å²) in [6.45, 7) is 7.73. The Morgan fingerprint density at radius 3 is 2.55 bits per heavy atom. The van der Waals surface area contributed by atoms with Crippen molar-refractivity contribution in [1.82, 2.24) is 14.8 Å². The number of nitrogens with zero attached hydrogens (tertiary/aromatic N) is 4. The molecule has 156 valence electrons. The molecule has 6 heteroatoms. The number of likely N-dealkylation sites (N-methyl/N-ethyl adjacent to an activating group) is 1. The molecule has 1 amide bonds. The third-order valence-electron chi connectivity index (χ3n) is 6.40. The number of carbonyl (C=O) groups excluding carboxylic acids is 1. The van der Waals surface area contributed by atoms with E-state index in [1.807, 2.05) is 19.1 Å². The highest BCUT2D eigenvalue weighted by molar-refractivity contribution is 5.95. The van der Waals surface area contributed by atoms with Gasteiger partial charge in [0.15, 0.2) is 0 Å². The van der Waals surface area contributed by atoms with E-state index in [1.165, 1.54) is 5.69 Å². The quantitative estimate of drug-likeness (QED) is 0.795. The summed E-state index contributed by atoms with van der Waals surface area (Å²) >= 11 is 0. The second-order valence-corrected chi connectivity index (χ2v) is 8.46. The van der Waals surface area contributed by atoms with Gasteiger partial charge in [0, 0.05) is 62.5 Å². The number of rotatable bonds is 4. The molecule has 2 saturated heterocycles. The Hall–Kier alpha value is -2.34. The van der Waals surface area contributed by atoms with Crippen molar-refractivity contribution < 1.29 is 9.53 Å². The summed E-state index contributed by atoms with van der Waals surface area (Å²) in [4.78, 5) is 24.2. The molecule has 2 aliphatic rings. The number of carbonyl (C=O) groups is 1. The minimum absolute atomic E-state index is 0.339. The Morgan fingerprint density at radius 1 is 1.14 bits per heavy atom. The SMILES string of the molecule is COc1cccc2c(N3CCC(CC(=O)N4CCN(C)CC4)CC3)cc(C)nc12. The second kappa shape index (κ2) is 8.57. The Morgan fingerprint density at radius 2 is 1.86 bits per heavy atom. The lowest BCUT2D eigenvalue weighted by Crippen LogP contribution is -2.47. The minimum atomic E-state index is 0.339. The highest BCUT2D eigenvalue weighted by Gasteiger charge is 2.26. The fraction of sp³-hybridized carbons (Fsp3) is 0.565. The van der Waals surface area contributed by atoms with E-state index in [0.717, 1.165) is 74.5 Å². The standard InChI is InChI=1S/C23H32N4O2/c1-17-15-20(19-5-4-6-21(29-3)23(19)24-17)26-9-7-18(8-10-26)16-22(28)27-13-11-25(2)12-14-27/h4-6,15,18H,7-14,16H2,1-3H3. The van der Waals surface area contributed by atoms with Gasteiger partial charge >= 0.3 is 0 Å². The molecule has 6 nitrogen and oxygen atoms in total. The second-order valence-electron chi connectivity index (χ2n) is 8.46. The van der Waals surface area contributed by atoms with Gasteiger partial charge in [-0.3, -0.25) is 4.79 Å². The molecule has 0 unspecified atom stereocenters. The van der Waals surface area contributed by atoms with Gasteiger partial charge in [0.05, 0.1) is 7.11 Å². The first-order valence-electron chi connectivity index (χ1n) is 10.7. The molecular formula is C23H32N4O2. The third kappa shape index (κ3) is 4.32. The maximum Gasteiger partial charge on any atom is 0.222 e. The number of ether oxygens (including phenoxy) is 1. The third-order valence-corrected chi connectivity index (χ3v) is 6.40. The first-order valence-corrected chi connectivity index (χ1v) is 10.7. The number of piperazine rings is 1. The maximum absolute atomic E-state index is 12.7. The van der Waals surface area contributed by atoms with Crippen LogP contribution in [0.15, 0.2) is 24.3 Å². The van der Waals surface area contributed by atoms with Gasteiger partial charge < -0.3 is 19.4 Å². The normalized spacial score (nSPS) is 19.0. The van der Waals surface area contributed by atoms with E-state index in [2.05, 4.69) is 33.9 Å². The van der Waals surface area contributed by atoms with Crippen LogP contribution in [-0.4, -0.2) is 74.1 Å². The Balaban J connectivity index is 1.42. The van der Waals surface area contributed by atoms with Crippen LogP contribution in [0, 0.1) is 12.8 Å². The number of aromatic nitrogens is 1. The van der Waals surface area contributed by atoms with Crippen molar-refractivity contribution in [1.29, 1.82) is 0 Å². The number of aryl methyl sites for hydroxylation is 1. The summed E-state index contributed by atoms with van der Waals surface area (Å²) in [6.07, 6.45) is 2.82. The molecule has 1 aromatic heterocycles. The summed E-state index contributed by atoms with van der Waals surface area (Å²) < 4.78 is 5.52. The van der Waals surface area contributed by atoms with Gasteiger partial charge in [-0.05, 0) is 44.9 Å². The monoisotopic (exact) mass is 396 g/mol. The van der Waals surface area contributed by atoms with Gasteiger partial charge in [0.1, 0.15) is 11.3 Å². The molecule has 4 rings (SSSR count). The lowest BCUT2D eigenvalue weighted by atomic mass is 9.92. The zero-order valence-corrected chi connectivity index (χ0v) is 17.9. The van der Waals surface area contributed by atoms with Crippen molar-refractivity contribution in [2.24, 2.45) is 5.92 Å². The van der Waals surface area contributed by atoms with E-state index in [1.54, 1.807) is 7.11 Å². The number of anilines is 1. The van der Waals surface area contributed by atoms with Crippen molar-refractivity contribution in [2.45, 2.75) is 26.2 Å². The van der Waals surface area contributed by atoms with Crippen LogP contribution in [0.4, 0.5) is 5.69 Å². The van der Waals surface area contributed by atoms with Crippen LogP contribution in [-0.2, 0) is 4.79 Å². The average molecular weight is 397 g/mol. The van der Waals surface area contributed by atoms with Crippen LogP contribution in [0.1, 0.15) is 25.0 Å². The molecule has 1 aromatic carbocycles. The maximum atomic E-state index is 12.7. The van der Waals surface area contributed by atoms with Crippen molar-refractivity contribution in [3.05, 3.63) is 30.0 Å². The Bertz CT molecular complexity index is 869. The molecule has 29 heavy (non-hydrogen) atoms. The molecule has 2 aliphatic heterocycles. The van der Waals surface area contributed by atoms with Crippen molar-refractivity contribution in [2.75, 3.05) is 58.3 Å². The number of methoxy groups -OCH3 is 1. The first kappa shape index (κ1) is 20.0. The van der Waals surface area contributed by atoms with Gasteiger partial charge in [0.25, 0.3) is 0 Å². The Labute approximate surface area is 173 Å². The van der Waals surface area contributed by atoms with E-state index < -0.39 is 0 Å². The van der Waals surface area contributed by atoms with Crippen LogP contribution in [0.5, 0.6) is 5.75 Å². The smallest absolute Gasteiger partial charge is 0.222 e. The molecule has 0 radical (unpaired) electrons. The molecule has 0 bridgehead atoms. The number of fused-ring (bicyclic) bond motifs is 1. The van der Waals surface area contributed by atoms with E-state index >= 15 is 0 Å². The number of hydrogen-bond acceptors (Lipinski definition) is 5. The molecule has 3 heterocycles. The molecular weight excluding hydrogens is 364 g/mol. The fourth-order valence-corrected chi connectivity index (χ4v) is 4.56. The van der Waals surface area contributed by atoms with E-state index in [4.69, 9.17) is 9.72 Å². The molecule has 2 fully saturated rings. The number of amides is 1. The number of piperidine rings is 1. The van der Waals surface area contributed by atoms with Gasteiger partial charge in [0.2, 0.25) is 5.91 Å². The molecule has 2 aromatic rings. The summed E-state index contributed by atoms with van der Waals surface area (Å²) in [7, 11) is 3.82. The zero-order valence-electron chi connectivity index (χ0n) is 17.9. The lowest BCUT2D eigenvalue weighted by Gasteiger charge is -2.36. The molecule has 0 saturated carbocycles. The van der Waals surface area contributed by atoms with E-state index in [-0.39, 0.29) is 0 Å². The summed E-state index contributed by atoms with van der Waals surface area (Å²) in [5.41, 5.74) is 3.16.